The summed E-state index contributed by atoms with van der Waals surface area (Å²) < 4.78 is 1.64. The van der Waals surface area contributed by atoms with Crippen LogP contribution in [0.5, 0.6) is 0 Å². The van der Waals surface area contributed by atoms with Crippen molar-refractivity contribution < 1.29 is 0 Å². The summed E-state index contributed by atoms with van der Waals surface area (Å²) in [6.07, 6.45) is 1.01. The minimum absolute atomic E-state index is 0.287. The lowest BCUT2D eigenvalue weighted by molar-refractivity contribution is 0.693. The fourth-order valence-corrected chi connectivity index (χ4v) is 2.23. The number of rotatable bonds is 4. The predicted octanol–water partition coefficient (Wildman–Crippen LogP) is 1.83. The Balaban J connectivity index is 2.13. The Morgan fingerprint density at radius 1 is 1.60 bits per heavy atom. The van der Waals surface area contributed by atoms with Crippen LogP contribution < -0.4 is 5.32 Å². The third kappa shape index (κ3) is 2.15. The van der Waals surface area contributed by atoms with Crippen LogP contribution >= 0.6 is 11.3 Å². The summed E-state index contributed by atoms with van der Waals surface area (Å²) in [5.41, 5.74) is 0. The number of thiophene rings is 1. The summed E-state index contributed by atoms with van der Waals surface area (Å²) in [6.45, 7) is 2.14. The number of aryl methyl sites for hydroxylation is 1. The zero-order valence-electron chi connectivity index (χ0n) is 8.71. The fraction of sp³-hybridized carbons (Fsp3) is 0.444. The maximum absolute atomic E-state index is 3.91. The van der Waals surface area contributed by atoms with E-state index in [4.69, 9.17) is 0 Å². The van der Waals surface area contributed by atoms with Crippen molar-refractivity contribution in [2.75, 3.05) is 5.32 Å². The molecule has 2 rings (SSSR count). The molecule has 0 aliphatic rings. The number of anilines is 1. The van der Waals surface area contributed by atoms with Gasteiger partial charge in [-0.1, -0.05) is 18.1 Å². The first-order valence-corrected chi connectivity index (χ1v) is 5.71. The van der Waals surface area contributed by atoms with Crippen LogP contribution in [-0.4, -0.2) is 20.2 Å². The number of hydrogen-bond acceptors (Lipinski definition) is 5. The van der Waals surface area contributed by atoms with Gasteiger partial charge >= 0.3 is 0 Å². The van der Waals surface area contributed by atoms with Crippen molar-refractivity contribution in [3.63, 3.8) is 0 Å². The largest absolute Gasteiger partial charge is 0.345 e. The van der Waals surface area contributed by atoms with E-state index in [9.17, 15) is 0 Å². The molecule has 0 amide bonds. The van der Waals surface area contributed by atoms with Crippen LogP contribution in [0.1, 0.15) is 24.3 Å². The summed E-state index contributed by atoms with van der Waals surface area (Å²) in [5, 5.41) is 16.7. The molecule has 1 N–H and O–H groups in total. The van der Waals surface area contributed by atoms with E-state index >= 15 is 0 Å². The molecule has 2 aromatic heterocycles. The third-order valence-corrected chi connectivity index (χ3v) is 3.20. The van der Waals surface area contributed by atoms with Crippen LogP contribution in [0, 0.1) is 0 Å². The molecule has 6 heteroatoms. The highest BCUT2D eigenvalue weighted by atomic mass is 32.1. The summed E-state index contributed by atoms with van der Waals surface area (Å²) in [4.78, 5) is 1.31. The van der Waals surface area contributed by atoms with Gasteiger partial charge in [-0.15, -0.1) is 11.3 Å². The Morgan fingerprint density at radius 2 is 2.47 bits per heavy atom. The van der Waals surface area contributed by atoms with Crippen LogP contribution in [0.2, 0.25) is 0 Å². The zero-order chi connectivity index (χ0) is 10.7. The van der Waals surface area contributed by atoms with E-state index in [2.05, 4.69) is 45.3 Å². The molecule has 15 heavy (non-hydrogen) atoms. The van der Waals surface area contributed by atoms with Crippen LogP contribution in [0.15, 0.2) is 17.5 Å². The molecule has 2 aromatic rings. The maximum atomic E-state index is 3.91. The monoisotopic (exact) mass is 223 g/mol. The molecule has 2 heterocycles. The first kappa shape index (κ1) is 10.1. The van der Waals surface area contributed by atoms with Crippen molar-refractivity contribution in [1.29, 1.82) is 0 Å². The van der Waals surface area contributed by atoms with Crippen LogP contribution in [0.4, 0.5) is 5.95 Å². The lowest BCUT2D eigenvalue weighted by Gasteiger charge is -2.14. The second-order valence-electron chi connectivity index (χ2n) is 3.25. The normalized spacial score (nSPS) is 12.7. The van der Waals surface area contributed by atoms with Crippen molar-refractivity contribution in [2.24, 2.45) is 7.05 Å². The summed E-state index contributed by atoms with van der Waals surface area (Å²) in [6, 6.07) is 4.46. The Morgan fingerprint density at radius 3 is 3.00 bits per heavy atom. The number of nitrogens with zero attached hydrogens (tertiary/aromatic N) is 4. The SMILES string of the molecule is CCC(Nc1nnnn1C)c1cccs1. The van der Waals surface area contributed by atoms with E-state index in [0.29, 0.717) is 5.95 Å². The Kier molecular flexibility index (Phi) is 2.96. The van der Waals surface area contributed by atoms with Gasteiger partial charge in [-0.3, -0.25) is 0 Å². The van der Waals surface area contributed by atoms with E-state index in [0.717, 1.165) is 6.42 Å². The van der Waals surface area contributed by atoms with Gasteiger partial charge in [0.15, 0.2) is 0 Å². The summed E-state index contributed by atoms with van der Waals surface area (Å²) in [5.74, 6) is 0.704. The first-order chi connectivity index (χ1) is 7.31. The fourth-order valence-electron chi connectivity index (χ4n) is 1.37. The van der Waals surface area contributed by atoms with Crippen LogP contribution in [-0.2, 0) is 7.05 Å². The minimum atomic E-state index is 0.287. The van der Waals surface area contributed by atoms with Crippen LogP contribution in [0.3, 0.4) is 0 Å². The molecule has 1 unspecified atom stereocenters. The van der Waals surface area contributed by atoms with E-state index in [-0.39, 0.29) is 6.04 Å². The van der Waals surface area contributed by atoms with Gasteiger partial charge < -0.3 is 5.32 Å². The molecule has 0 bridgehead atoms. The van der Waals surface area contributed by atoms with Crippen molar-refractivity contribution in [2.45, 2.75) is 19.4 Å². The average molecular weight is 223 g/mol. The van der Waals surface area contributed by atoms with Crippen molar-refractivity contribution >= 4 is 17.3 Å². The molecule has 0 saturated carbocycles. The average Bonchev–Trinajstić information content (AvgIpc) is 2.86. The first-order valence-electron chi connectivity index (χ1n) is 4.83. The highest BCUT2D eigenvalue weighted by molar-refractivity contribution is 7.10. The molecule has 0 saturated heterocycles. The van der Waals surface area contributed by atoms with Gasteiger partial charge in [0.2, 0.25) is 5.95 Å². The highest BCUT2D eigenvalue weighted by Crippen LogP contribution is 2.24. The molecule has 1 atom stereocenters. The molecule has 0 spiro atoms. The summed E-state index contributed by atoms with van der Waals surface area (Å²) in [7, 11) is 1.82. The van der Waals surface area contributed by atoms with Crippen molar-refractivity contribution in [3.05, 3.63) is 22.4 Å². The molecule has 0 aromatic carbocycles. The van der Waals surface area contributed by atoms with Gasteiger partial charge in [0.25, 0.3) is 0 Å². The molecular formula is C9H13N5S. The van der Waals surface area contributed by atoms with Crippen LogP contribution in [0.25, 0.3) is 0 Å². The van der Waals surface area contributed by atoms with Gasteiger partial charge in [-0.2, -0.15) is 0 Å². The van der Waals surface area contributed by atoms with Crippen molar-refractivity contribution in [1.82, 2.24) is 20.2 Å². The van der Waals surface area contributed by atoms with Gasteiger partial charge in [-0.05, 0) is 28.3 Å². The quantitative estimate of drug-likeness (QED) is 0.859. The number of aromatic nitrogens is 4. The second-order valence-corrected chi connectivity index (χ2v) is 4.23. The lowest BCUT2D eigenvalue weighted by atomic mass is 10.2. The van der Waals surface area contributed by atoms with Gasteiger partial charge in [0.1, 0.15) is 0 Å². The lowest BCUT2D eigenvalue weighted by Crippen LogP contribution is -2.12. The number of nitrogens with one attached hydrogen (secondary N) is 1. The van der Waals surface area contributed by atoms with E-state index in [1.54, 1.807) is 16.0 Å². The molecule has 5 nitrogen and oxygen atoms in total. The standard InChI is InChI=1S/C9H13N5S/c1-3-7(8-5-4-6-15-8)10-9-11-12-13-14(9)2/h4-7H,3H2,1-2H3,(H,10,11,13). The highest BCUT2D eigenvalue weighted by Gasteiger charge is 2.12. The molecule has 80 valence electrons. The third-order valence-electron chi connectivity index (χ3n) is 2.22. The number of tetrazole rings is 1. The Bertz CT molecular complexity index is 408. The predicted molar refractivity (Wildman–Crippen MR) is 59.8 cm³/mol. The van der Waals surface area contributed by atoms with E-state index in [1.165, 1.54) is 4.88 Å². The minimum Gasteiger partial charge on any atom is -0.345 e. The van der Waals surface area contributed by atoms with Crippen molar-refractivity contribution in [3.8, 4) is 0 Å². The smallest absolute Gasteiger partial charge is 0.243 e. The Labute approximate surface area is 92.1 Å². The Hall–Kier alpha value is -1.43. The zero-order valence-corrected chi connectivity index (χ0v) is 9.53. The van der Waals surface area contributed by atoms with Gasteiger partial charge in [-0.25, -0.2) is 4.68 Å². The topological polar surface area (TPSA) is 55.6 Å². The van der Waals surface area contributed by atoms with Gasteiger partial charge in [0, 0.05) is 11.9 Å². The van der Waals surface area contributed by atoms with E-state index < -0.39 is 0 Å². The second kappa shape index (κ2) is 4.39. The summed E-state index contributed by atoms with van der Waals surface area (Å²) >= 11 is 1.74. The molecule has 0 aliphatic carbocycles. The molecule has 0 radical (unpaired) electrons. The maximum Gasteiger partial charge on any atom is 0.243 e. The molecular weight excluding hydrogens is 210 g/mol. The number of hydrogen-bond donors (Lipinski definition) is 1. The van der Waals surface area contributed by atoms with E-state index in [1.807, 2.05) is 7.05 Å². The molecule has 0 aliphatic heterocycles. The van der Waals surface area contributed by atoms with Gasteiger partial charge in [0.05, 0.1) is 6.04 Å². The molecule has 0 fully saturated rings.